The number of rotatable bonds is 6. The lowest BCUT2D eigenvalue weighted by Crippen LogP contribution is -2.30. The van der Waals surface area contributed by atoms with E-state index in [1.54, 1.807) is 0 Å². The van der Waals surface area contributed by atoms with Gasteiger partial charge in [0.2, 0.25) is 5.91 Å². The molecule has 1 aromatic carbocycles. The minimum atomic E-state index is -1.14. The standard InChI is InChI=1S/C12H15NO3/c13-11(14)10(12(15)16)8-4-7-9-5-2-1-3-6-9/h1-3,5-6,10H,4,7-8H2,(H2,13,14)(H,15,16). The Morgan fingerprint density at radius 1 is 1.25 bits per heavy atom. The molecule has 0 aliphatic carbocycles. The number of aryl methyl sites for hydroxylation is 1. The maximum absolute atomic E-state index is 10.8. The van der Waals surface area contributed by atoms with E-state index in [9.17, 15) is 9.59 Å². The molecule has 0 saturated carbocycles. The second-order valence-electron chi connectivity index (χ2n) is 3.67. The van der Waals surface area contributed by atoms with Crippen LogP contribution in [0, 0.1) is 5.92 Å². The van der Waals surface area contributed by atoms with E-state index < -0.39 is 17.8 Å². The number of carboxylic acids is 1. The fourth-order valence-corrected chi connectivity index (χ4v) is 1.54. The van der Waals surface area contributed by atoms with Crippen molar-refractivity contribution in [3.8, 4) is 0 Å². The lowest BCUT2D eigenvalue weighted by Gasteiger charge is -2.07. The Hall–Kier alpha value is -1.84. The Bertz CT molecular complexity index is 348. The van der Waals surface area contributed by atoms with Gasteiger partial charge < -0.3 is 10.8 Å². The fourth-order valence-electron chi connectivity index (χ4n) is 1.54. The van der Waals surface area contributed by atoms with Crippen molar-refractivity contribution < 1.29 is 14.7 Å². The first-order valence-corrected chi connectivity index (χ1v) is 5.17. The summed E-state index contributed by atoms with van der Waals surface area (Å²) in [6.45, 7) is 0. The number of aliphatic carboxylic acids is 1. The number of amides is 1. The molecule has 4 heteroatoms. The minimum absolute atomic E-state index is 0.291. The monoisotopic (exact) mass is 221 g/mol. The Kier molecular flexibility index (Phi) is 4.51. The summed E-state index contributed by atoms with van der Waals surface area (Å²) in [7, 11) is 0. The van der Waals surface area contributed by atoms with Crippen molar-refractivity contribution in [3.63, 3.8) is 0 Å². The topological polar surface area (TPSA) is 80.4 Å². The van der Waals surface area contributed by atoms with Crippen molar-refractivity contribution in [3.05, 3.63) is 35.9 Å². The first-order chi connectivity index (χ1) is 7.61. The molecular formula is C12H15NO3. The Morgan fingerprint density at radius 3 is 2.38 bits per heavy atom. The summed E-state index contributed by atoms with van der Waals surface area (Å²) >= 11 is 0. The molecule has 1 amide bonds. The van der Waals surface area contributed by atoms with Crippen LogP contribution in [0.15, 0.2) is 30.3 Å². The highest BCUT2D eigenvalue weighted by atomic mass is 16.4. The van der Waals surface area contributed by atoms with Crippen LogP contribution in [-0.2, 0) is 16.0 Å². The van der Waals surface area contributed by atoms with Gasteiger partial charge in [0.05, 0.1) is 0 Å². The van der Waals surface area contributed by atoms with Crippen molar-refractivity contribution in [2.45, 2.75) is 19.3 Å². The van der Waals surface area contributed by atoms with Crippen molar-refractivity contribution in [2.24, 2.45) is 11.7 Å². The van der Waals surface area contributed by atoms with Crippen LogP contribution in [0.4, 0.5) is 0 Å². The first-order valence-electron chi connectivity index (χ1n) is 5.17. The van der Waals surface area contributed by atoms with Crippen molar-refractivity contribution in [1.29, 1.82) is 0 Å². The average molecular weight is 221 g/mol. The predicted octanol–water partition coefficient (Wildman–Crippen LogP) is 1.20. The predicted molar refractivity (Wildman–Crippen MR) is 59.7 cm³/mol. The van der Waals surface area contributed by atoms with Gasteiger partial charge in [-0.1, -0.05) is 30.3 Å². The zero-order chi connectivity index (χ0) is 12.0. The molecule has 0 aromatic heterocycles. The number of carboxylic acid groups (broad SMARTS) is 1. The van der Waals surface area contributed by atoms with Gasteiger partial charge in [0.15, 0.2) is 0 Å². The number of benzene rings is 1. The molecule has 86 valence electrons. The Labute approximate surface area is 94.1 Å². The largest absolute Gasteiger partial charge is 0.481 e. The molecule has 3 N–H and O–H groups in total. The molecule has 16 heavy (non-hydrogen) atoms. The zero-order valence-corrected chi connectivity index (χ0v) is 8.93. The smallest absolute Gasteiger partial charge is 0.316 e. The lowest BCUT2D eigenvalue weighted by atomic mass is 9.99. The van der Waals surface area contributed by atoms with Crippen LogP contribution in [0.3, 0.4) is 0 Å². The second kappa shape index (κ2) is 5.90. The van der Waals surface area contributed by atoms with Crippen LogP contribution in [0.5, 0.6) is 0 Å². The van der Waals surface area contributed by atoms with Crippen LogP contribution in [0.1, 0.15) is 18.4 Å². The van der Waals surface area contributed by atoms with Crippen molar-refractivity contribution >= 4 is 11.9 Å². The SMILES string of the molecule is NC(=O)C(CCCc1ccccc1)C(=O)O. The fraction of sp³-hybridized carbons (Fsp3) is 0.333. The number of carbonyl (C=O) groups excluding carboxylic acids is 1. The van der Waals surface area contributed by atoms with E-state index in [0.29, 0.717) is 12.8 Å². The maximum atomic E-state index is 10.8. The number of nitrogens with two attached hydrogens (primary N) is 1. The van der Waals surface area contributed by atoms with Crippen LogP contribution < -0.4 is 5.73 Å². The summed E-state index contributed by atoms with van der Waals surface area (Å²) in [5, 5.41) is 8.74. The molecule has 0 saturated heterocycles. The van der Waals surface area contributed by atoms with Crippen LogP contribution >= 0.6 is 0 Å². The first kappa shape index (κ1) is 12.2. The normalized spacial score (nSPS) is 12.0. The van der Waals surface area contributed by atoms with Crippen molar-refractivity contribution in [1.82, 2.24) is 0 Å². The summed E-state index contributed by atoms with van der Waals surface area (Å²) < 4.78 is 0. The third kappa shape index (κ3) is 3.73. The zero-order valence-electron chi connectivity index (χ0n) is 8.93. The van der Waals surface area contributed by atoms with Gasteiger partial charge >= 0.3 is 5.97 Å². The van der Waals surface area contributed by atoms with Gasteiger partial charge in [-0.15, -0.1) is 0 Å². The Balaban J connectivity index is 2.40. The second-order valence-corrected chi connectivity index (χ2v) is 3.67. The van der Waals surface area contributed by atoms with E-state index in [1.807, 2.05) is 30.3 Å². The summed E-state index contributed by atoms with van der Waals surface area (Å²) in [6, 6.07) is 9.73. The number of carbonyl (C=O) groups is 2. The van der Waals surface area contributed by atoms with E-state index >= 15 is 0 Å². The van der Waals surface area contributed by atoms with E-state index in [2.05, 4.69) is 0 Å². The molecule has 0 aliphatic heterocycles. The minimum Gasteiger partial charge on any atom is -0.481 e. The lowest BCUT2D eigenvalue weighted by molar-refractivity contribution is -0.146. The highest BCUT2D eigenvalue weighted by Crippen LogP contribution is 2.10. The third-order valence-corrected chi connectivity index (χ3v) is 2.44. The molecule has 1 rings (SSSR count). The van der Waals surface area contributed by atoms with Gasteiger partial charge in [-0.3, -0.25) is 9.59 Å². The van der Waals surface area contributed by atoms with Gasteiger partial charge in [-0.05, 0) is 24.8 Å². The molecule has 0 spiro atoms. The average Bonchev–Trinajstić information content (AvgIpc) is 2.24. The summed E-state index contributed by atoms with van der Waals surface area (Å²) in [5.74, 6) is -2.97. The molecule has 0 bridgehead atoms. The number of primary amides is 1. The van der Waals surface area contributed by atoms with E-state index in [0.717, 1.165) is 12.0 Å². The molecule has 0 heterocycles. The van der Waals surface area contributed by atoms with Crippen LogP contribution in [0.2, 0.25) is 0 Å². The van der Waals surface area contributed by atoms with Gasteiger partial charge in [0.25, 0.3) is 0 Å². The summed E-state index contributed by atoms with van der Waals surface area (Å²) in [6.07, 6.45) is 1.70. The number of hydrogen-bond acceptors (Lipinski definition) is 2. The van der Waals surface area contributed by atoms with Gasteiger partial charge in [-0.2, -0.15) is 0 Å². The molecule has 1 atom stereocenters. The van der Waals surface area contributed by atoms with Crippen LogP contribution in [0.25, 0.3) is 0 Å². The van der Waals surface area contributed by atoms with Gasteiger partial charge in [-0.25, -0.2) is 0 Å². The molecular weight excluding hydrogens is 206 g/mol. The van der Waals surface area contributed by atoms with Crippen molar-refractivity contribution in [2.75, 3.05) is 0 Å². The van der Waals surface area contributed by atoms with E-state index in [4.69, 9.17) is 10.8 Å². The summed E-state index contributed by atoms with van der Waals surface area (Å²) in [5.41, 5.74) is 6.13. The third-order valence-electron chi connectivity index (χ3n) is 2.44. The Morgan fingerprint density at radius 2 is 1.88 bits per heavy atom. The highest BCUT2D eigenvalue weighted by molar-refractivity contribution is 5.95. The van der Waals surface area contributed by atoms with Crippen LogP contribution in [-0.4, -0.2) is 17.0 Å². The van der Waals surface area contributed by atoms with Gasteiger partial charge in [0, 0.05) is 0 Å². The highest BCUT2D eigenvalue weighted by Gasteiger charge is 2.22. The van der Waals surface area contributed by atoms with E-state index in [-0.39, 0.29) is 0 Å². The summed E-state index contributed by atoms with van der Waals surface area (Å²) in [4.78, 5) is 21.5. The maximum Gasteiger partial charge on any atom is 0.316 e. The molecule has 4 nitrogen and oxygen atoms in total. The van der Waals surface area contributed by atoms with Gasteiger partial charge in [0.1, 0.15) is 5.92 Å². The molecule has 0 fully saturated rings. The number of hydrogen-bond donors (Lipinski definition) is 2. The molecule has 0 radical (unpaired) electrons. The molecule has 1 aromatic rings. The van der Waals surface area contributed by atoms with E-state index in [1.165, 1.54) is 0 Å². The molecule has 0 aliphatic rings. The molecule has 1 unspecified atom stereocenters. The quantitative estimate of drug-likeness (QED) is 0.708.